The van der Waals surface area contributed by atoms with Crippen molar-refractivity contribution >= 4 is 15.7 Å². The lowest BCUT2D eigenvalue weighted by molar-refractivity contribution is -0.0498. The van der Waals surface area contributed by atoms with Crippen molar-refractivity contribution in [3.63, 3.8) is 0 Å². The number of alkyl halides is 2. The molecule has 2 aromatic carbocycles. The molecule has 5 nitrogen and oxygen atoms in total. The molecule has 0 bridgehead atoms. The van der Waals surface area contributed by atoms with Gasteiger partial charge in [0.1, 0.15) is 11.5 Å². The summed E-state index contributed by atoms with van der Waals surface area (Å²) in [4.78, 5) is 0.165. The van der Waals surface area contributed by atoms with Crippen molar-refractivity contribution in [1.82, 2.24) is 0 Å². The van der Waals surface area contributed by atoms with Gasteiger partial charge in [0, 0.05) is 5.69 Å². The zero-order valence-electron chi connectivity index (χ0n) is 14.3. The number of hydrogen-bond donors (Lipinski definition) is 1. The number of nitrogens with one attached hydrogen (secondary N) is 1. The smallest absolute Gasteiger partial charge is 0.387 e. The molecule has 0 spiro atoms. The van der Waals surface area contributed by atoms with Crippen LogP contribution in [0.25, 0.3) is 0 Å². The first kappa shape index (κ1) is 19.0. The molecular formula is C17H19F2NO4S. The monoisotopic (exact) mass is 371 g/mol. The number of halogens is 2. The number of rotatable bonds is 6. The molecule has 0 aromatic heterocycles. The molecule has 0 amide bonds. The van der Waals surface area contributed by atoms with Crippen LogP contribution in [0.4, 0.5) is 14.5 Å². The number of anilines is 1. The van der Waals surface area contributed by atoms with Crippen LogP contribution >= 0.6 is 0 Å². The maximum Gasteiger partial charge on any atom is 0.387 e. The van der Waals surface area contributed by atoms with E-state index in [4.69, 9.17) is 4.74 Å². The first-order valence-electron chi connectivity index (χ1n) is 7.38. The van der Waals surface area contributed by atoms with Gasteiger partial charge in [0.2, 0.25) is 0 Å². The molecule has 25 heavy (non-hydrogen) atoms. The highest BCUT2D eigenvalue weighted by Crippen LogP contribution is 2.31. The van der Waals surface area contributed by atoms with E-state index in [-0.39, 0.29) is 16.3 Å². The van der Waals surface area contributed by atoms with E-state index in [1.807, 2.05) is 0 Å². The van der Waals surface area contributed by atoms with E-state index in [0.717, 1.165) is 5.56 Å². The summed E-state index contributed by atoms with van der Waals surface area (Å²) in [5.41, 5.74) is 2.11. The van der Waals surface area contributed by atoms with Crippen LogP contribution in [0.15, 0.2) is 35.2 Å². The molecule has 0 fully saturated rings. The highest BCUT2D eigenvalue weighted by Gasteiger charge is 2.23. The lowest BCUT2D eigenvalue weighted by Crippen LogP contribution is -2.16. The Bertz CT molecular complexity index is 865. The second-order valence-corrected chi connectivity index (χ2v) is 7.10. The van der Waals surface area contributed by atoms with Crippen LogP contribution < -0.4 is 14.2 Å². The number of methoxy groups -OCH3 is 1. The van der Waals surface area contributed by atoms with Gasteiger partial charge in [-0.25, -0.2) is 8.42 Å². The van der Waals surface area contributed by atoms with Crippen molar-refractivity contribution in [3.05, 3.63) is 47.0 Å². The summed E-state index contributed by atoms with van der Waals surface area (Å²) >= 11 is 0. The molecule has 0 saturated carbocycles. The Balaban J connectivity index is 2.35. The molecule has 0 aliphatic heterocycles. The maximum absolute atomic E-state index is 12.8. The Morgan fingerprint density at radius 2 is 1.64 bits per heavy atom. The van der Waals surface area contributed by atoms with Gasteiger partial charge in [0.05, 0.1) is 12.0 Å². The van der Waals surface area contributed by atoms with Gasteiger partial charge in [-0.05, 0) is 67.8 Å². The summed E-state index contributed by atoms with van der Waals surface area (Å²) in [6.07, 6.45) is 0. The minimum Gasteiger partial charge on any atom is -0.496 e. The molecule has 0 heterocycles. The largest absolute Gasteiger partial charge is 0.496 e. The fourth-order valence-electron chi connectivity index (χ4n) is 2.56. The van der Waals surface area contributed by atoms with Gasteiger partial charge in [-0.3, -0.25) is 4.72 Å². The highest BCUT2D eigenvalue weighted by atomic mass is 32.2. The second-order valence-electron chi connectivity index (χ2n) is 5.48. The number of ether oxygens (including phenoxy) is 2. The summed E-state index contributed by atoms with van der Waals surface area (Å²) in [6, 6.07) is 6.91. The third kappa shape index (κ3) is 4.19. The molecular weight excluding hydrogens is 352 g/mol. The maximum atomic E-state index is 12.8. The van der Waals surface area contributed by atoms with Crippen molar-refractivity contribution in [1.29, 1.82) is 0 Å². The summed E-state index contributed by atoms with van der Waals surface area (Å²) < 4.78 is 61.8. The number of hydrogen-bond acceptors (Lipinski definition) is 4. The zero-order valence-corrected chi connectivity index (χ0v) is 15.1. The molecule has 0 atom stereocenters. The Morgan fingerprint density at radius 3 is 2.16 bits per heavy atom. The Kier molecular flexibility index (Phi) is 5.52. The lowest BCUT2D eigenvalue weighted by Gasteiger charge is -2.17. The van der Waals surface area contributed by atoms with Crippen molar-refractivity contribution in [2.45, 2.75) is 32.3 Å². The number of sulfonamides is 1. The van der Waals surface area contributed by atoms with Gasteiger partial charge in [0.25, 0.3) is 10.0 Å². The zero-order chi connectivity index (χ0) is 18.8. The van der Waals surface area contributed by atoms with Crippen LogP contribution in [-0.2, 0) is 10.0 Å². The highest BCUT2D eigenvalue weighted by molar-refractivity contribution is 7.92. The van der Waals surface area contributed by atoms with E-state index in [9.17, 15) is 17.2 Å². The standard InChI is InChI=1S/C17H19F2NO4S/c1-10-9-15(23-4)11(2)12(3)16(10)25(21,22)20-13-5-7-14(8-6-13)24-17(18)19/h5-9,17,20H,1-4H3. The first-order chi connectivity index (χ1) is 11.7. The van der Waals surface area contributed by atoms with Crippen LogP contribution in [0.2, 0.25) is 0 Å². The average Bonchev–Trinajstić information content (AvgIpc) is 2.51. The fraction of sp³-hybridized carbons (Fsp3) is 0.294. The number of aryl methyl sites for hydroxylation is 1. The molecule has 0 aliphatic rings. The van der Waals surface area contributed by atoms with Gasteiger partial charge in [-0.15, -0.1) is 0 Å². The molecule has 0 radical (unpaired) electrons. The van der Waals surface area contributed by atoms with E-state index in [1.165, 1.54) is 31.4 Å². The quantitative estimate of drug-likeness (QED) is 0.833. The fourth-order valence-corrected chi connectivity index (χ4v) is 4.14. The van der Waals surface area contributed by atoms with Crippen molar-refractivity contribution in [2.75, 3.05) is 11.8 Å². The molecule has 8 heteroatoms. The van der Waals surface area contributed by atoms with Crippen LogP contribution in [-0.4, -0.2) is 22.1 Å². The van der Waals surface area contributed by atoms with Crippen molar-refractivity contribution < 1.29 is 26.7 Å². The molecule has 0 aliphatic carbocycles. The normalized spacial score (nSPS) is 11.5. The average molecular weight is 371 g/mol. The second kappa shape index (κ2) is 7.26. The van der Waals surface area contributed by atoms with Crippen LogP contribution in [0.1, 0.15) is 16.7 Å². The number of benzene rings is 2. The van der Waals surface area contributed by atoms with Crippen molar-refractivity contribution in [3.8, 4) is 11.5 Å². The summed E-state index contributed by atoms with van der Waals surface area (Å²) in [5, 5.41) is 0. The van der Waals surface area contributed by atoms with E-state index in [2.05, 4.69) is 9.46 Å². The molecule has 1 N–H and O–H groups in total. The Labute approximate surface area is 145 Å². The van der Waals surface area contributed by atoms with Crippen molar-refractivity contribution in [2.24, 2.45) is 0 Å². The predicted molar refractivity (Wildman–Crippen MR) is 91.1 cm³/mol. The van der Waals surface area contributed by atoms with Gasteiger partial charge in [-0.1, -0.05) is 0 Å². The Hall–Kier alpha value is -2.35. The minimum absolute atomic E-state index is 0.0504. The van der Waals surface area contributed by atoms with E-state index >= 15 is 0 Å². The van der Waals surface area contributed by atoms with E-state index in [1.54, 1.807) is 26.8 Å². The lowest BCUT2D eigenvalue weighted by atomic mass is 10.1. The summed E-state index contributed by atoms with van der Waals surface area (Å²) in [5.74, 6) is 0.563. The third-order valence-corrected chi connectivity index (χ3v) is 5.47. The predicted octanol–water partition coefficient (Wildman–Crippen LogP) is 4.02. The topological polar surface area (TPSA) is 64.6 Å². The SMILES string of the molecule is COc1cc(C)c(S(=O)(=O)Nc2ccc(OC(F)F)cc2)c(C)c1C. The molecule has 0 unspecified atom stereocenters. The van der Waals surface area contributed by atoms with Gasteiger partial charge < -0.3 is 9.47 Å². The summed E-state index contributed by atoms with van der Waals surface area (Å²) in [7, 11) is -2.33. The van der Waals surface area contributed by atoms with Crippen LogP contribution in [0, 0.1) is 20.8 Å². The molecule has 2 aromatic rings. The molecule has 2 rings (SSSR count). The Morgan fingerprint density at radius 1 is 1.04 bits per heavy atom. The minimum atomic E-state index is -3.85. The van der Waals surface area contributed by atoms with Gasteiger partial charge in [-0.2, -0.15) is 8.78 Å². The van der Waals surface area contributed by atoms with Gasteiger partial charge in [0.15, 0.2) is 0 Å². The molecule has 0 saturated heterocycles. The molecule has 136 valence electrons. The van der Waals surface area contributed by atoms with E-state index < -0.39 is 16.6 Å². The first-order valence-corrected chi connectivity index (χ1v) is 8.86. The van der Waals surface area contributed by atoms with Crippen LogP contribution in [0.5, 0.6) is 11.5 Å². The summed E-state index contributed by atoms with van der Waals surface area (Å²) in [6.45, 7) is 2.24. The van der Waals surface area contributed by atoms with Crippen LogP contribution in [0.3, 0.4) is 0 Å². The third-order valence-electron chi connectivity index (χ3n) is 3.80. The van der Waals surface area contributed by atoms with Gasteiger partial charge >= 0.3 is 6.61 Å². The van der Waals surface area contributed by atoms with E-state index in [0.29, 0.717) is 16.9 Å².